The molecule has 0 heterocycles. The standard InChI is InChI=1S/2C8H11.C2H6Si.2ClH.Zr/c2*1-6-4-7(2)8(3)5-6;1-3-2;;;/h4,8H,1-3H3;4,6H,1-3H3;1-2H3;2*1H;/q;;;;;+2/p-2. The molecule has 0 aromatic rings. The monoisotopic (exact) mass is 432 g/mol. The normalized spacial score (nSPS) is 23.4. The molecule has 0 saturated heterocycles. The van der Waals surface area contributed by atoms with E-state index < -0.39 is 20.4 Å². The van der Waals surface area contributed by atoms with Crippen molar-refractivity contribution in [3.63, 3.8) is 0 Å². The summed E-state index contributed by atoms with van der Waals surface area (Å²) in [6.45, 7) is 19.4. The molecule has 0 N–H and O–H groups in total. The minimum Gasteiger partial charge on any atom is -1.00 e. The number of rotatable bonds is 2. The average molecular weight is 435 g/mol. The first kappa shape index (κ1) is 22.6. The third kappa shape index (κ3) is 4.00. The predicted molar refractivity (Wildman–Crippen MR) is 88.7 cm³/mol. The van der Waals surface area contributed by atoms with Crippen LogP contribution in [0.5, 0.6) is 0 Å². The molecule has 22 heavy (non-hydrogen) atoms. The van der Waals surface area contributed by atoms with Crippen LogP contribution in [0.15, 0.2) is 41.0 Å². The van der Waals surface area contributed by atoms with Gasteiger partial charge in [0.05, 0.1) is 0 Å². The topological polar surface area (TPSA) is 0 Å². The number of hydrogen-bond donors (Lipinski definition) is 0. The van der Waals surface area contributed by atoms with E-state index in [2.05, 4.69) is 66.8 Å². The molecule has 0 fully saturated rings. The van der Waals surface area contributed by atoms with Crippen molar-refractivity contribution in [2.45, 2.75) is 54.6 Å². The molecule has 4 heteroatoms. The van der Waals surface area contributed by atoms with Crippen LogP contribution in [-0.4, -0.2) is 5.43 Å². The largest absolute Gasteiger partial charge is 1.00 e. The van der Waals surface area contributed by atoms with Gasteiger partial charge in [0.2, 0.25) is 0 Å². The minimum absolute atomic E-state index is 0. The molecule has 2 unspecified atom stereocenters. The SMILES string of the molecule is CC1=CC(C)[C]([Zr+2]([C]2=C(C)C=C(C)C2C)=[Si](C)C)=C1C.[Cl-].[Cl-]. The van der Waals surface area contributed by atoms with Gasteiger partial charge in [0.1, 0.15) is 0 Å². The van der Waals surface area contributed by atoms with Crippen LogP contribution >= 0.6 is 0 Å². The molecule has 122 valence electrons. The van der Waals surface area contributed by atoms with Gasteiger partial charge >= 0.3 is 133 Å². The van der Waals surface area contributed by atoms with Crippen molar-refractivity contribution in [1.82, 2.24) is 0 Å². The Bertz CT molecular complexity index is 617. The fourth-order valence-electron chi connectivity index (χ4n) is 3.76. The number of hydrogen-bond acceptors (Lipinski definition) is 0. The second kappa shape index (κ2) is 8.65. The third-order valence-electron chi connectivity index (χ3n) is 4.97. The van der Waals surface area contributed by atoms with E-state index in [1.54, 1.807) is 22.3 Å². The molecule has 2 aliphatic rings. The second-order valence-corrected chi connectivity index (χ2v) is 23.6. The van der Waals surface area contributed by atoms with Crippen LogP contribution in [-0.2, 0) is 20.4 Å². The van der Waals surface area contributed by atoms with E-state index in [9.17, 15) is 0 Å². The number of halogens is 2. The van der Waals surface area contributed by atoms with Crippen molar-refractivity contribution in [2.24, 2.45) is 11.8 Å². The van der Waals surface area contributed by atoms with Gasteiger partial charge in [-0.25, -0.2) is 0 Å². The van der Waals surface area contributed by atoms with Crippen molar-refractivity contribution in [3.8, 4) is 0 Å². The Morgan fingerprint density at radius 3 is 1.82 bits per heavy atom. The van der Waals surface area contributed by atoms with Gasteiger partial charge in [-0.1, -0.05) is 0 Å². The second-order valence-electron chi connectivity index (χ2n) is 6.76. The summed E-state index contributed by atoms with van der Waals surface area (Å²) in [6, 6.07) is 0. The van der Waals surface area contributed by atoms with E-state index in [1.807, 2.05) is 6.56 Å². The summed E-state index contributed by atoms with van der Waals surface area (Å²) >= 11 is -1.66. The van der Waals surface area contributed by atoms with E-state index in [0.29, 0.717) is 5.92 Å². The summed E-state index contributed by atoms with van der Waals surface area (Å²) in [4.78, 5) is 0. The molecule has 2 rings (SSSR count). The van der Waals surface area contributed by atoms with Gasteiger partial charge in [-0.3, -0.25) is 0 Å². The molecular formula is C18H28Cl2SiZr. The average Bonchev–Trinajstić information content (AvgIpc) is 2.72. The van der Waals surface area contributed by atoms with Crippen molar-refractivity contribution in [3.05, 3.63) is 41.0 Å². The molecule has 2 atom stereocenters. The van der Waals surface area contributed by atoms with Gasteiger partial charge < -0.3 is 24.8 Å². The fourth-order valence-corrected chi connectivity index (χ4v) is 23.9. The Kier molecular flexibility index (Phi) is 8.90. The van der Waals surface area contributed by atoms with Gasteiger partial charge in [-0.2, -0.15) is 0 Å². The Labute approximate surface area is 157 Å². The summed E-state index contributed by atoms with van der Waals surface area (Å²) in [7, 11) is 0. The predicted octanol–water partition coefficient (Wildman–Crippen LogP) is -0.396. The first-order valence-electron chi connectivity index (χ1n) is 7.72. The van der Waals surface area contributed by atoms with Crippen LogP contribution in [0.3, 0.4) is 0 Å². The molecule has 0 saturated carbocycles. The summed E-state index contributed by atoms with van der Waals surface area (Å²) < 4.78 is 3.82. The smallest absolute Gasteiger partial charge is 1.00 e. The van der Waals surface area contributed by atoms with Crippen molar-refractivity contribution in [2.75, 3.05) is 0 Å². The van der Waals surface area contributed by atoms with Gasteiger partial charge in [0.15, 0.2) is 0 Å². The summed E-state index contributed by atoms with van der Waals surface area (Å²) in [5.74, 6) is 1.43. The molecule has 0 aliphatic heterocycles. The number of allylic oxidation sites excluding steroid dienone is 8. The quantitative estimate of drug-likeness (QED) is 0.519. The van der Waals surface area contributed by atoms with Crippen LogP contribution in [0, 0.1) is 11.8 Å². The maximum atomic E-state index is 2.57. The first-order valence-corrected chi connectivity index (χ1v) is 16.4. The Morgan fingerprint density at radius 1 is 0.955 bits per heavy atom. The van der Waals surface area contributed by atoms with Crippen molar-refractivity contribution >= 4 is 5.43 Å². The zero-order valence-corrected chi connectivity index (χ0v) is 20.0. The Morgan fingerprint density at radius 2 is 1.50 bits per heavy atom. The summed E-state index contributed by atoms with van der Waals surface area (Å²) in [5, 5.41) is 0. The van der Waals surface area contributed by atoms with Crippen molar-refractivity contribution in [1.29, 1.82) is 0 Å². The van der Waals surface area contributed by atoms with Crippen LogP contribution in [0.2, 0.25) is 13.1 Å². The van der Waals surface area contributed by atoms with Crippen LogP contribution < -0.4 is 24.8 Å². The van der Waals surface area contributed by atoms with Gasteiger partial charge in [-0.15, -0.1) is 0 Å². The molecule has 0 aromatic heterocycles. The van der Waals surface area contributed by atoms with Crippen LogP contribution in [0.25, 0.3) is 0 Å². The molecular weight excluding hydrogens is 406 g/mol. The van der Waals surface area contributed by atoms with E-state index in [0.717, 1.165) is 5.92 Å². The Hall–Kier alpha value is 0.640. The zero-order chi connectivity index (χ0) is 15.2. The van der Waals surface area contributed by atoms with Crippen LogP contribution in [0.4, 0.5) is 0 Å². The Balaban J connectivity index is 0.00000220. The molecule has 0 radical (unpaired) electrons. The fraction of sp³-hybridized carbons (Fsp3) is 0.556. The molecule has 0 aromatic carbocycles. The van der Waals surface area contributed by atoms with E-state index >= 15 is 0 Å². The van der Waals surface area contributed by atoms with Crippen molar-refractivity contribution < 1.29 is 45.2 Å². The zero-order valence-electron chi connectivity index (χ0n) is 15.1. The molecule has 2 aliphatic carbocycles. The first-order chi connectivity index (χ1) is 9.25. The van der Waals surface area contributed by atoms with Gasteiger partial charge in [0.25, 0.3) is 0 Å². The van der Waals surface area contributed by atoms with E-state index in [1.165, 1.54) is 0 Å². The van der Waals surface area contributed by atoms with E-state index in [4.69, 9.17) is 0 Å². The van der Waals surface area contributed by atoms with E-state index in [-0.39, 0.29) is 30.2 Å². The van der Waals surface area contributed by atoms with Gasteiger partial charge in [-0.05, 0) is 0 Å². The maximum absolute atomic E-state index is 2.57. The minimum atomic E-state index is -1.66. The van der Waals surface area contributed by atoms with Crippen LogP contribution in [0.1, 0.15) is 41.5 Å². The molecule has 0 bridgehead atoms. The maximum Gasteiger partial charge on any atom is -1.00 e. The molecule has 0 nitrogen and oxygen atoms in total. The molecule has 0 spiro atoms. The summed E-state index contributed by atoms with van der Waals surface area (Å²) in [6.07, 6.45) is 4.97. The molecule has 0 amide bonds. The summed E-state index contributed by atoms with van der Waals surface area (Å²) in [5.41, 5.74) is 6.20. The van der Waals surface area contributed by atoms with Gasteiger partial charge in [0, 0.05) is 0 Å². The third-order valence-corrected chi connectivity index (χ3v) is 23.3.